The quantitative estimate of drug-likeness (QED) is 0.700. The lowest BCUT2D eigenvalue weighted by Crippen LogP contribution is -2.48. The highest BCUT2D eigenvalue weighted by Crippen LogP contribution is 2.24. The number of nitriles is 1. The third-order valence-corrected chi connectivity index (χ3v) is 2.40. The number of benzene rings is 1. The number of carbonyl (C=O) groups is 1. The lowest BCUT2D eigenvalue weighted by Gasteiger charge is -2.25. The maximum absolute atomic E-state index is 11.3. The second-order valence-corrected chi connectivity index (χ2v) is 3.43. The summed E-state index contributed by atoms with van der Waals surface area (Å²) in [5.74, 6) is 0.432. The van der Waals surface area contributed by atoms with Crippen molar-refractivity contribution in [2.75, 3.05) is 7.05 Å². The van der Waals surface area contributed by atoms with E-state index in [1.807, 2.05) is 0 Å². The van der Waals surface area contributed by atoms with Crippen molar-refractivity contribution in [1.29, 1.82) is 5.26 Å². The second-order valence-electron chi connectivity index (χ2n) is 3.43. The third kappa shape index (κ3) is 1.83. The molecule has 1 heterocycles. The minimum atomic E-state index is -0.662. The fourth-order valence-corrected chi connectivity index (χ4v) is 1.55. The van der Waals surface area contributed by atoms with Crippen LogP contribution in [-0.4, -0.2) is 19.2 Å². The van der Waals surface area contributed by atoms with E-state index in [4.69, 9.17) is 10.00 Å². The molecule has 0 bridgehead atoms. The first kappa shape index (κ1) is 10.5. The SMILES string of the molecule is CNC(=O)C1NCc2cc(C#N)ccc2O1. The summed E-state index contributed by atoms with van der Waals surface area (Å²) in [4.78, 5) is 11.3. The number of nitrogens with one attached hydrogen (secondary N) is 2. The number of ether oxygens (including phenoxy) is 1. The molecule has 0 aliphatic carbocycles. The van der Waals surface area contributed by atoms with Crippen LogP contribution in [0.2, 0.25) is 0 Å². The van der Waals surface area contributed by atoms with E-state index in [-0.39, 0.29) is 5.91 Å². The molecule has 5 nitrogen and oxygen atoms in total. The number of amides is 1. The summed E-state index contributed by atoms with van der Waals surface area (Å²) in [5, 5.41) is 14.2. The van der Waals surface area contributed by atoms with E-state index in [1.54, 1.807) is 25.2 Å². The summed E-state index contributed by atoms with van der Waals surface area (Å²) in [6.07, 6.45) is -0.662. The summed E-state index contributed by atoms with van der Waals surface area (Å²) >= 11 is 0. The van der Waals surface area contributed by atoms with Crippen LogP contribution in [0.1, 0.15) is 11.1 Å². The Labute approximate surface area is 93.0 Å². The largest absolute Gasteiger partial charge is 0.466 e. The van der Waals surface area contributed by atoms with Gasteiger partial charge in [0.05, 0.1) is 11.6 Å². The predicted octanol–water partition coefficient (Wildman–Crippen LogP) is 0.112. The molecule has 1 aliphatic heterocycles. The molecule has 0 saturated heterocycles. The van der Waals surface area contributed by atoms with Gasteiger partial charge in [0.15, 0.2) is 0 Å². The van der Waals surface area contributed by atoms with Gasteiger partial charge in [-0.1, -0.05) is 0 Å². The Morgan fingerprint density at radius 1 is 1.69 bits per heavy atom. The first-order chi connectivity index (χ1) is 7.74. The van der Waals surface area contributed by atoms with Crippen molar-refractivity contribution in [2.45, 2.75) is 12.8 Å². The van der Waals surface area contributed by atoms with Crippen molar-refractivity contribution in [3.63, 3.8) is 0 Å². The Bertz CT molecular complexity index is 465. The van der Waals surface area contributed by atoms with Gasteiger partial charge in [0, 0.05) is 19.2 Å². The summed E-state index contributed by atoms with van der Waals surface area (Å²) in [7, 11) is 1.56. The average Bonchev–Trinajstić information content (AvgIpc) is 2.36. The molecule has 82 valence electrons. The molecule has 1 aliphatic rings. The van der Waals surface area contributed by atoms with Crippen LogP contribution in [0.5, 0.6) is 5.75 Å². The Morgan fingerprint density at radius 3 is 3.19 bits per heavy atom. The number of fused-ring (bicyclic) bond motifs is 1. The van der Waals surface area contributed by atoms with Crippen LogP contribution in [0.15, 0.2) is 18.2 Å². The monoisotopic (exact) mass is 217 g/mol. The first-order valence-corrected chi connectivity index (χ1v) is 4.89. The van der Waals surface area contributed by atoms with Crippen molar-refractivity contribution in [3.05, 3.63) is 29.3 Å². The van der Waals surface area contributed by atoms with E-state index in [1.165, 1.54) is 0 Å². The van der Waals surface area contributed by atoms with Gasteiger partial charge in [0.1, 0.15) is 5.75 Å². The predicted molar refractivity (Wildman–Crippen MR) is 56.5 cm³/mol. The highest BCUT2D eigenvalue weighted by atomic mass is 16.5. The van der Waals surface area contributed by atoms with Crippen molar-refractivity contribution in [2.24, 2.45) is 0 Å². The van der Waals surface area contributed by atoms with Gasteiger partial charge in [-0.25, -0.2) is 0 Å². The van der Waals surface area contributed by atoms with Gasteiger partial charge in [-0.05, 0) is 18.2 Å². The Balaban J connectivity index is 2.23. The van der Waals surface area contributed by atoms with Gasteiger partial charge >= 0.3 is 0 Å². The molecule has 0 saturated carbocycles. The summed E-state index contributed by atoms with van der Waals surface area (Å²) in [6, 6.07) is 7.20. The Morgan fingerprint density at radius 2 is 2.50 bits per heavy atom. The topological polar surface area (TPSA) is 74.2 Å². The second kappa shape index (κ2) is 4.21. The molecule has 0 spiro atoms. The molecule has 1 aromatic carbocycles. The molecule has 1 amide bonds. The van der Waals surface area contributed by atoms with E-state index in [9.17, 15) is 4.79 Å². The normalized spacial score (nSPS) is 17.9. The Kier molecular flexibility index (Phi) is 2.75. The number of hydrogen-bond donors (Lipinski definition) is 2. The maximum atomic E-state index is 11.3. The molecule has 2 N–H and O–H groups in total. The lowest BCUT2D eigenvalue weighted by molar-refractivity contribution is -0.129. The fourth-order valence-electron chi connectivity index (χ4n) is 1.55. The molecule has 0 radical (unpaired) electrons. The van der Waals surface area contributed by atoms with Crippen LogP contribution in [0.4, 0.5) is 0 Å². The zero-order valence-corrected chi connectivity index (χ0v) is 8.78. The van der Waals surface area contributed by atoms with Gasteiger partial charge in [0.25, 0.3) is 5.91 Å². The van der Waals surface area contributed by atoms with E-state index < -0.39 is 6.23 Å². The molecule has 1 atom stereocenters. The summed E-state index contributed by atoms with van der Waals surface area (Å²) in [6.45, 7) is 0.517. The molecule has 0 fully saturated rings. The van der Waals surface area contributed by atoms with Gasteiger partial charge in [-0.2, -0.15) is 5.26 Å². The number of likely N-dealkylation sites (N-methyl/N-ethyl adjacent to an activating group) is 1. The zero-order chi connectivity index (χ0) is 11.5. The van der Waals surface area contributed by atoms with Crippen LogP contribution < -0.4 is 15.4 Å². The molecule has 5 heteroatoms. The van der Waals surface area contributed by atoms with Crippen molar-refractivity contribution in [3.8, 4) is 11.8 Å². The van der Waals surface area contributed by atoms with Crippen molar-refractivity contribution >= 4 is 5.91 Å². The number of carbonyl (C=O) groups excluding carboxylic acids is 1. The summed E-state index contributed by atoms with van der Waals surface area (Å²) < 4.78 is 5.45. The molecule has 2 rings (SSSR count). The molecule has 16 heavy (non-hydrogen) atoms. The van der Waals surface area contributed by atoms with Gasteiger partial charge in [-0.3, -0.25) is 10.1 Å². The van der Waals surface area contributed by atoms with Crippen molar-refractivity contribution in [1.82, 2.24) is 10.6 Å². The standard InChI is InChI=1S/C11H11N3O2/c1-13-10(15)11-14-6-8-4-7(5-12)2-3-9(8)16-11/h2-4,11,14H,6H2,1H3,(H,13,15). The van der Waals surface area contributed by atoms with Gasteiger partial charge in [-0.15, -0.1) is 0 Å². The average molecular weight is 217 g/mol. The lowest BCUT2D eigenvalue weighted by atomic mass is 10.1. The van der Waals surface area contributed by atoms with Crippen LogP contribution >= 0.6 is 0 Å². The highest BCUT2D eigenvalue weighted by Gasteiger charge is 2.24. The van der Waals surface area contributed by atoms with E-state index >= 15 is 0 Å². The van der Waals surface area contributed by atoms with Gasteiger partial charge in [0.2, 0.25) is 6.23 Å². The first-order valence-electron chi connectivity index (χ1n) is 4.89. The van der Waals surface area contributed by atoms with Crippen LogP contribution in [-0.2, 0) is 11.3 Å². The van der Waals surface area contributed by atoms with Gasteiger partial charge < -0.3 is 10.1 Å². The molecular weight excluding hydrogens is 206 g/mol. The van der Waals surface area contributed by atoms with E-state index in [0.717, 1.165) is 5.56 Å². The van der Waals surface area contributed by atoms with Crippen LogP contribution in [0.3, 0.4) is 0 Å². The number of rotatable bonds is 1. The molecule has 1 unspecified atom stereocenters. The van der Waals surface area contributed by atoms with Crippen LogP contribution in [0, 0.1) is 11.3 Å². The number of nitrogens with zero attached hydrogens (tertiary/aromatic N) is 1. The van der Waals surface area contributed by atoms with Crippen LogP contribution in [0.25, 0.3) is 0 Å². The van der Waals surface area contributed by atoms with E-state index in [2.05, 4.69) is 16.7 Å². The molecular formula is C11H11N3O2. The summed E-state index contributed by atoms with van der Waals surface area (Å²) in [5.41, 5.74) is 1.47. The zero-order valence-electron chi connectivity index (χ0n) is 8.78. The van der Waals surface area contributed by atoms with Crippen molar-refractivity contribution < 1.29 is 9.53 Å². The third-order valence-electron chi connectivity index (χ3n) is 2.40. The molecule has 1 aromatic rings. The minimum Gasteiger partial charge on any atom is -0.466 e. The molecule has 0 aromatic heterocycles. The maximum Gasteiger partial charge on any atom is 0.276 e. The van der Waals surface area contributed by atoms with E-state index in [0.29, 0.717) is 17.9 Å². The Hall–Kier alpha value is -2.06. The smallest absolute Gasteiger partial charge is 0.276 e. The highest BCUT2D eigenvalue weighted by molar-refractivity contribution is 5.80. The minimum absolute atomic E-state index is 0.213. The number of hydrogen-bond acceptors (Lipinski definition) is 4. The fraction of sp³-hybridized carbons (Fsp3) is 0.273.